The predicted octanol–water partition coefficient (Wildman–Crippen LogP) is 2.01. The monoisotopic (exact) mass is 310 g/mol. The van der Waals surface area contributed by atoms with Gasteiger partial charge in [-0.25, -0.2) is 4.99 Å². The van der Waals surface area contributed by atoms with Crippen LogP contribution in [0.3, 0.4) is 0 Å². The highest BCUT2D eigenvalue weighted by Crippen LogP contribution is 2.31. The van der Waals surface area contributed by atoms with Crippen LogP contribution < -0.4 is 5.73 Å². The maximum Gasteiger partial charge on any atom is 0.231 e. The molecule has 2 N–H and O–H groups in total. The molecule has 110 valence electrons. The number of carbonyl (C=O) groups excluding carboxylic acids is 1. The summed E-state index contributed by atoms with van der Waals surface area (Å²) in [5, 5.41) is 0. The number of aliphatic imine (C=N–C) groups is 1. The average molecular weight is 310 g/mol. The Labute approximate surface area is 132 Å². The molecular formula is C16H14N4OS. The number of rotatable bonds is 2. The van der Waals surface area contributed by atoms with Crippen molar-refractivity contribution in [1.82, 2.24) is 9.88 Å². The van der Waals surface area contributed by atoms with Crippen molar-refractivity contribution in [3.63, 3.8) is 0 Å². The van der Waals surface area contributed by atoms with Gasteiger partial charge in [0.1, 0.15) is 0 Å². The summed E-state index contributed by atoms with van der Waals surface area (Å²) < 4.78 is 0. The van der Waals surface area contributed by atoms with Crippen molar-refractivity contribution < 1.29 is 4.79 Å². The number of thiophene rings is 1. The van der Waals surface area contributed by atoms with Crippen LogP contribution in [0.1, 0.15) is 22.9 Å². The van der Waals surface area contributed by atoms with Gasteiger partial charge in [0.2, 0.25) is 5.91 Å². The lowest BCUT2D eigenvalue weighted by Crippen LogP contribution is -2.42. The molecule has 3 heterocycles. The molecule has 2 aromatic heterocycles. The van der Waals surface area contributed by atoms with Crippen molar-refractivity contribution in [2.24, 2.45) is 10.7 Å². The first-order chi connectivity index (χ1) is 10.6. The second-order valence-electron chi connectivity index (χ2n) is 4.98. The van der Waals surface area contributed by atoms with Crippen LogP contribution in [0.15, 0.2) is 35.6 Å². The zero-order chi connectivity index (χ0) is 15.7. The summed E-state index contributed by atoms with van der Waals surface area (Å²) in [4.78, 5) is 23.8. The van der Waals surface area contributed by atoms with E-state index < -0.39 is 0 Å². The Kier molecular flexibility index (Phi) is 3.65. The average Bonchev–Trinajstić information content (AvgIpc) is 3.01. The fraction of sp³-hybridized carbons (Fsp3) is 0.188. The molecule has 0 aliphatic carbocycles. The minimum Gasteiger partial charge on any atom is -0.369 e. The Morgan fingerprint density at radius 1 is 1.45 bits per heavy atom. The maximum atomic E-state index is 11.9. The van der Waals surface area contributed by atoms with E-state index in [4.69, 9.17) is 12.2 Å². The van der Waals surface area contributed by atoms with Gasteiger partial charge in [-0.1, -0.05) is 5.92 Å². The third-order valence-electron chi connectivity index (χ3n) is 3.55. The van der Waals surface area contributed by atoms with Crippen molar-refractivity contribution >= 4 is 23.2 Å². The Bertz CT molecular complexity index is 802. The van der Waals surface area contributed by atoms with Crippen LogP contribution in [0.4, 0.5) is 0 Å². The van der Waals surface area contributed by atoms with Crippen LogP contribution in [0.5, 0.6) is 0 Å². The van der Waals surface area contributed by atoms with Gasteiger partial charge < -0.3 is 5.73 Å². The van der Waals surface area contributed by atoms with Gasteiger partial charge in [0.15, 0.2) is 5.96 Å². The standard InChI is InChI=1S/C16H14N4OS/c1-3-12-4-5-14(22-12)11-6-10(8-18-9-11)13-7-15(21)20(2)16(17)19-13/h1,4-6,8-9,13H,7H2,2H3,(H2,17,19). The normalized spacial score (nSPS) is 18.0. The summed E-state index contributed by atoms with van der Waals surface area (Å²) in [6, 6.07) is 5.57. The first-order valence-electron chi connectivity index (χ1n) is 6.70. The zero-order valence-electron chi connectivity index (χ0n) is 12.0. The minimum atomic E-state index is -0.289. The fourth-order valence-corrected chi connectivity index (χ4v) is 3.06. The van der Waals surface area contributed by atoms with Crippen LogP contribution in [0, 0.1) is 12.3 Å². The molecule has 5 nitrogen and oxygen atoms in total. The van der Waals surface area contributed by atoms with E-state index in [0.29, 0.717) is 6.42 Å². The van der Waals surface area contributed by atoms with Crippen LogP contribution >= 0.6 is 11.3 Å². The van der Waals surface area contributed by atoms with Gasteiger partial charge in [-0.15, -0.1) is 17.8 Å². The lowest BCUT2D eigenvalue weighted by atomic mass is 10.0. The zero-order valence-corrected chi connectivity index (χ0v) is 12.8. The molecule has 0 spiro atoms. The van der Waals surface area contributed by atoms with Crippen LogP contribution in [0.2, 0.25) is 0 Å². The summed E-state index contributed by atoms with van der Waals surface area (Å²) >= 11 is 1.53. The Morgan fingerprint density at radius 3 is 2.95 bits per heavy atom. The summed E-state index contributed by atoms with van der Waals surface area (Å²) in [7, 11) is 1.62. The lowest BCUT2D eigenvalue weighted by molar-refractivity contribution is -0.127. The molecule has 0 saturated heterocycles. The Balaban J connectivity index is 1.95. The number of amides is 1. The van der Waals surface area contributed by atoms with E-state index >= 15 is 0 Å². The lowest BCUT2D eigenvalue weighted by Gasteiger charge is -2.25. The molecule has 0 radical (unpaired) electrons. The number of hydrogen-bond acceptors (Lipinski definition) is 5. The molecule has 0 saturated carbocycles. The molecular weight excluding hydrogens is 296 g/mol. The number of carbonyl (C=O) groups is 1. The highest BCUT2D eigenvalue weighted by Gasteiger charge is 2.26. The smallest absolute Gasteiger partial charge is 0.231 e. The molecule has 1 aliphatic rings. The van der Waals surface area contributed by atoms with Crippen LogP contribution in [-0.4, -0.2) is 28.8 Å². The van der Waals surface area contributed by atoms with E-state index in [1.54, 1.807) is 19.4 Å². The fourth-order valence-electron chi connectivity index (χ4n) is 2.26. The van der Waals surface area contributed by atoms with Crippen molar-refractivity contribution in [3.8, 4) is 22.8 Å². The number of hydrogen-bond donors (Lipinski definition) is 1. The minimum absolute atomic E-state index is 0.0476. The third-order valence-corrected chi connectivity index (χ3v) is 4.62. The topological polar surface area (TPSA) is 71.6 Å². The Hall–Kier alpha value is -2.65. The number of nitrogens with two attached hydrogens (primary N) is 1. The molecule has 1 amide bonds. The van der Waals surface area contributed by atoms with Gasteiger partial charge in [0, 0.05) is 29.9 Å². The third kappa shape index (κ3) is 2.59. The van der Waals surface area contributed by atoms with E-state index in [2.05, 4.69) is 15.9 Å². The quantitative estimate of drug-likeness (QED) is 0.863. The first-order valence-corrected chi connectivity index (χ1v) is 7.51. The predicted molar refractivity (Wildman–Crippen MR) is 87.2 cm³/mol. The molecule has 0 fully saturated rings. The van der Waals surface area contributed by atoms with Gasteiger partial charge in [-0.3, -0.25) is 14.7 Å². The van der Waals surface area contributed by atoms with Gasteiger partial charge in [-0.2, -0.15) is 0 Å². The van der Waals surface area contributed by atoms with E-state index in [9.17, 15) is 4.79 Å². The van der Waals surface area contributed by atoms with E-state index in [-0.39, 0.29) is 17.9 Å². The van der Waals surface area contributed by atoms with Gasteiger partial charge in [-0.05, 0) is 23.8 Å². The summed E-state index contributed by atoms with van der Waals surface area (Å²) in [5.74, 6) is 2.81. The molecule has 0 bridgehead atoms. The van der Waals surface area contributed by atoms with E-state index in [0.717, 1.165) is 20.9 Å². The van der Waals surface area contributed by atoms with Crippen LogP contribution in [0.25, 0.3) is 10.4 Å². The van der Waals surface area contributed by atoms with Crippen LogP contribution in [-0.2, 0) is 4.79 Å². The van der Waals surface area contributed by atoms with Crippen molar-refractivity contribution in [1.29, 1.82) is 0 Å². The first kappa shape index (κ1) is 14.3. The molecule has 1 unspecified atom stereocenters. The molecule has 1 aliphatic heterocycles. The number of terminal acetylenes is 1. The summed E-state index contributed by atoms with van der Waals surface area (Å²) in [5.41, 5.74) is 7.62. The SMILES string of the molecule is C#Cc1ccc(-c2cncc(C3CC(=O)N(C)C(N)=N3)c2)s1. The highest BCUT2D eigenvalue weighted by atomic mass is 32.1. The van der Waals surface area contributed by atoms with Gasteiger partial charge in [0.05, 0.1) is 17.3 Å². The van der Waals surface area contributed by atoms with Gasteiger partial charge >= 0.3 is 0 Å². The second-order valence-corrected chi connectivity index (χ2v) is 6.06. The van der Waals surface area contributed by atoms with E-state index in [1.807, 2.05) is 18.2 Å². The highest BCUT2D eigenvalue weighted by molar-refractivity contribution is 7.16. The molecule has 2 aromatic rings. The number of guanidine groups is 1. The van der Waals surface area contributed by atoms with Crippen molar-refractivity contribution in [2.45, 2.75) is 12.5 Å². The Morgan fingerprint density at radius 2 is 2.27 bits per heavy atom. The maximum absolute atomic E-state index is 11.9. The summed E-state index contributed by atoms with van der Waals surface area (Å²) in [6.45, 7) is 0. The number of pyridine rings is 1. The molecule has 22 heavy (non-hydrogen) atoms. The largest absolute Gasteiger partial charge is 0.369 e. The van der Waals surface area contributed by atoms with E-state index in [1.165, 1.54) is 16.2 Å². The molecule has 6 heteroatoms. The van der Waals surface area contributed by atoms with Crippen molar-refractivity contribution in [3.05, 3.63) is 41.0 Å². The van der Waals surface area contributed by atoms with Gasteiger partial charge in [0.25, 0.3) is 0 Å². The van der Waals surface area contributed by atoms with Crippen molar-refractivity contribution in [2.75, 3.05) is 7.05 Å². The second kappa shape index (κ2) is 5.62. The number of nitrogens with zero attached hydrogens (tertiary/aromatic N) is 3. The molecule has 1 atom stereocenters. The molecule has 3 rings (SSSR count). The number of aromatic nitrogens is 1. The molecule has 0 aromatic carbocycles. The summed E-state index contributed by atoms with van der Waals surface area (Å²) in [6.07, 6.45) is 9.20.